The van der Waals surface area contributed by atoms with Crippen LogP contribution in [0.25, 0.3) is 0 Å². The lowest BCUT2D eigenvalue weighted by Gasteiger charge is -2.24. The van der Waals surface area contributed by atoms with Crippen molar-refractivity contribution in [3.8, 4) is 0 Å². The summed E-state index contributed by atoms with van der Waals surface area (Å²) in [6.45, 7) is 2.13. The van der Waals surface area contributed by atoms with E-state index in [4.69, 9.17) is 0 Å². The largest absolute Gasteiger partial charge is 0.322 e. The third-order valence-electron chi connectivity index (χ3n) is 3.28. The van der Waals surface area contributed by atoms with E-state index in [0.29, 0.717) is 13.0 Å². The normalized spacial score (nSPS) is 18.4. The smallest absolute Gasteiger partial charge is 0.321 e. The van der Waals surface area contributed by atoms with Gasteiger partial charge in [0, 0.05) is 19.0 Å². The van der Waals surface area contributed by atoms with E-state index in [0.717, 1.165) is 12.8 Å². The molecule has 0 saturated carbocycles. The summed E-state index contributed by atoms with van der Waals surface area (Å²) < 4.78 is 13.5. The molecule has 4 nitrogen and oxygen atoms in total. The monoisotopic (exact) mass is 264 g/mol. The number of para-hydroxylation sites is 1. The molecule has 1 fully saturated rings. The van der Waals surface area contributed by atoms with Gasteiger partial charge in [-0.2, -0.15) is 0 Å². The van der Waals surface area contributed by atoms with Crippen LogP contribution in [0.15, 0.2) is 24.3 Å². The molecule has 1 atom stereocenters. The van der Waals surface area contributed by atoms with Crippen molar-refractivity contribution in [2.75, 3.05) is 11.9 Å². The number of likely N-dealkylation sites (tertiary alicyclic amines) is 1. The average molecular weight is 264 g/mol. The van der Waals surface area contributed by atoms with Gasteiger partial charge < -0.3 is 10.2 Å². The van der Waals surface area contributed by atoms with Gasteiger partial charge in [-0.05, 0) is 31.9 Å². The minimum absolute atomic E-state index is 0.0654. The van der Waals surface area contributed by atoms with Crippen LogP contribution in [-0.4, -0.2) is 29.3 Å². The second-order valence-electron chi connectivity index (χ2n) is 4.81. The fraction of sp³-hybridized carbons (Fsp3) is 0.429. The van der Waals surface area contributed by atoms with Crippen molar-refractivity contribution >= 4 is 17.5 Å². The molecule has 1 aromatic carbocycles. The Labute approximate surface area is 111 Å². The minimum Gasteiger partial charge on any atom is -0.321 e. The number of Topliss-reactive ketones (excluding diaryl/α,β-unsaturated/α-hetero) is 1. The molecule has 2 rings (SSSR count). The zero-order valence-corrected chi connectivity index (χ0v) is 10.9. The number of halogens is 1. The molecule has 0 spiro atoms. The highest BCUT2D eigenvalue weighted by Crippen LogP contribution is 2.22. The van der Waals surface area contributed by atoms with Crippen LogP contribution in [0.2, 0.25) is 0 Å². The Morgan fingerprint density at radius 2 is 2.16 bits per heavy atom. The number of rotatable bonds is 3. The van der Waals surface area contributed by atoms with E-state index in [1.807, 2.05) is 0 Å². The van der Waals surface area contributed by atoms with E-state index in [-0.39, 0.29) is 23.5 Å². The molecular formula is C14H17FN2O2. The van der Waals surface area contributed by atoms with Gasteiger partial charge >= 0.3 is 6.03 Å². The number of hydrogen-bond donors (Lipinski definition) is 1. The summed E-state index contributed by atoms with van der Waals surface area (Å²) in [5.41, 5.74) is 0.168. The zero-order chi connectivity index (χ0) is 13.8. The molecule has 1 heterocycles. The SMILES string of the molecule is CC(=O)CC1CCCN1C(=O)Nc1ccccc1F. The second-order valence-corrected chi connectivity index (χ2v) is 4.81. The minimum atomic E-state index is -0.460. The van der Waals surface area contributed by atoms with E-state index in [1.165, 1.54) is 19.1 Å². The maximum atomic E-state index is 13.5. The summed E-state index contributed by atoms with van der Waals surface area (Å²) in [7, 11) is 0. The van der Waals surface area contributed by atoms with E-state index in [1.54, 1.807) is 17.0 Å². The van der Waals surface area contributed by atoms with Crippen molar-refractivity contribution in [1.29, 1.82) is 0 Å². The molecule has 1 N–H and O–H groups in total. The van der Waals surface area contributed by atoms with Crippen molar-refractivity contribution in [2.45, 2.75) is 32.2 Å². The molecule has 1 aliphatic rings. The third-order valence-corrected chi connectivity index (χ3v) is 3.28. The quantitative estimate of drug-likeness (QED) is 0.912. The third kappa shape index (κ3) is 3.30. The molecule has 1 aromatic rings. The van der Waals surface area contributed by atoms with Crippen molar-refractivity contribution < 1.29 is 14.0 Å². The summed E-state index contributed by atoms with van der Waals surface area (Å²) >= 11 is 0. The first-order valence-corrected chi connectivity index (χ1v) is 6.39. The summed E-state index contributed by atoms with van der Waals surface area (Å²) in [5.74, 6) is -0.395. The predicted octanol–water partition coefficient (Wildman–Crippen LogP) is 2.80. The lowest BCUT2D eigenvalue weighted by Crippen LogP contribution is -2.39. The summed E-state index contributed by atoms with van der Waals surface area (Å²) in [4.78, 5) is 24.9. The van der Waals surface area contributed by atoms with Crippen LogP contribution in [0.3, 0.4) is 0 Å². The molecular weight excluding hydrogens is 247 g/mol. The lowest BCUT2D eigenvalue weighted by atomic mass is 10.1. The van der Waals surface area contributed by atoms with Crippen molar-refractivity contribution in [2.24, 2.45) is 0 Å². The molecule has 0 aliphatic carbocycles. The first-order chi connectivity index (χ1) is 9.08. The molecule has 1 saturated heterocycles. The molecule has 102 valence electrons. The Bertz CT molecular complexity index is 490. The number of benzene rings is 1. The topological polar surface area (TPSA) is 49.4 Å². The number of urea groups is 1. The predicted molar refractivity (Wildman–Crippen MR) is 70.4 cm³/mol. The molecule has 0 bridgehead atoms. The molecule has 19 heavy (non-hydrogen) atoms. The first kappa shape index (κ1) is 13.5. The van der Waals surface area contributed by atoms with Gasteiger partial charge in [0.15, 0.2) is 0 Å². The number of carbonyl (C=O) groups excluding carboxylic acids is 2. The van der Waals surface area contributed by atoms with Crippen LogP contribution in [0, 0.1) is 5.82 Å². The molecule has 1 aliphatic heterocycles. The average Bonchev–Trinajstić information content (AvgIpc) is 2.79. The fourth-order valence-electron chi connectivity index (χ4n) is 2.40. The van der Waals surface area contributed by atoms with Crippen LogP contribution in [0.1, 0.15) is 26.2 Å². The highest BCUT2D eigenvalue weighted by molar-refractivity contribution is 5.90. The number of nitrogens with one attached hydrogen (secondary N) is 1. The second kappa shape index (κ2) is 5.82. The highest BCUT2D eigenvalue weighted by Gasteiger charge is 2.29. The maximum Gasteiger partial charge on any atom is 0.322 e. The first-order valence-electron chi connectivity index (χ1n) is 6.39. The van der Waals surface area contributed by atoms with Crippen LogP contribution < -0.4 is 5.32 Å². The summed E-state index contributed by atoms with van der Waals surface area (Å²) in [6.07, 6.45) is 2.07. The van der Waals surface area contributed by atoms with E-state index in [2.05, 4.69) is 5.32 Å². The molecule has 0 aromatic heterocycles. The van der Waals surface area contributed by atoms with E-state index in [9.17, 15) is 14.0 Å². The van der Waals surface area contributed by atoms with Gasteiger partial charge in [-0.25, -0.2) is 9.18 Å². The Morgan fingerprint density at radius 3 is 2.84 bits per heavy atom. The van der Waals surface area contributed by atoms with Crippen molar-refractivity contribution in [3.05, 3.63) is 30.1 Å². The standard InChI is InChI=1S/C14H17FN2O2/c1-10(18)9-11-5-4-8-17(11)14(19)16-13-7-3-2-6-12(13)15/h2-3,6-7,11H,4-5,8-9H2,1H3,(H,16,19). The van der Waals surface area contributed by atoms with E-state index < -0.39 is 5.82 Å². The van der Waals surface area contributed by atoms with Crippen LogP contribution >= 0.6 is 0 Å². The molecule has 2 amide bonds. The number of carbonyl (C=O) groups is 2. The van der Waals surface area contributed by atoms with Crippen LogP contribution in [0.4, 0.5) is 14.9 Å². The Morgan fingerprint density at radius 1 is 1.42 bits per heavy atom. The van der Waals surface area contributed by atoms with Gasteiger partial charge in [0.05, 0.1) is 5.69 Å². The molecule has 1 unspecified atom stereocenters. The van der Waals surface area contributed by atoms with E-state index >= 15 is 0 Å². The van der Waals surface area contributed by atoms with Crippen molar-refractivity contribution in [1.82, 2.24) is 4.90 Å². The Balaban J connectivity index is 2.03. The van der Waals surface area contributed by atoms with Crippen molar-refractivity contribution in [3.63, 3.8) is 0 Å². The summed E-state index contributed by atoms with van der Waals surface area (Å²) in [5, 5.41) is 2.56. The lowest BCUT2D eigenvalue weighted by molar-refractivity contribution is -0.117. The van der Waals surface area contributed by atoms with Gasteiger partial charge in [-0.3, -0.25) is 4.79 Å². The van der Waals surface area contributed by atoms with Gasteiger partial charge in [0.25, 0.3) is 0 Å². The number of hydrogen-bond acceptors (Lipinski definition) is 2. The summed E-state index contributed by atoms with van der Waals surface area (Å²) in [6, 6.07) is 5.64. The number of anilines is 1. The van der Waals surface area contributed by atoms with Gasteiger partial charge in [-0.1, -0.05) is 12.1 Å². The fourth-order valence-corrected chi connectivity index (χ4v) is 2.40. The Kier molecular flexibility index (Phi) is 4.14. The Hall–Kier alpha value is -1.91. The van der Waals surface area contributed by atoms with Crippen LogP contribution in [-0.2, 0) is 4.79 Å². The maximum absolute atomic E-state index is 13.5. The highest BCUT2D eigenvalue weighted by atomic mass is 19.1. The number of ketones is 1. The van der Waals surface area contributed by atoms with Crippen LogP contribution in [0.5, 0.6) is 0 Å². The zero-order valence-electron chi connectivity index (χ0n) is 10.9. The molecule has 0 radical (unpaired) electrons. The van der Waals surface area contributed by atoms with Gasteiger partial charge in [0.1, 0.15) is 11.6 Å². The van der Waals surface area contributed by atoms with Gasteiger partial charge in [0.2, 0.25) is 0 Å². The number of amides is 2. The molecule has 5 heteroatoms. The number of nitrogens with zero attached hydrogens (tertiary/aromatic N) is 1. The van der Waals surface area contributed by atoms with Gasteiger partial charge in [-0.15, -0.1) is 0 Å².